The zero-order chi connectivity index (χ0) is 22.5. The fraction of sp³-hybridized carbons (Fsp3) is 0.500. The van der Waals surface area contributed by atoms with Crippen molar-refractivity contribution in [3.05, 3.63) is 53.9 Å². The summed E-state index contributed by atoms with van der Waals surface area (Å²) in [7, 11) is 5.97. The molecular weight excluding hydrogens is 392 g/mol. The van der Waals surface area contributed by atoms with Gasteiger partial charge in [0.15, 0.2) is 5.75 Å². The van der Waals surface area contributed by atoms with Crippen LogP contribution in [0, 0.1) is 5.92 Å². The first-order chi connectivity index (χ1) is 14.8. The molecule has 1 amide bonds. The number of anilines is 1. The fourth-order valence-electron chi connectivity index (χ4n) is 3.97. The summed E-state index contributed by atoms with van der Waals surface area (Å²) in [5.41, 5.74) is 2.61. The van der Waals surface area contributed by atoms with E-state index in [1.54, 1.807) is 17.3 Å². The number of hydrogen-bond donors (Lipinski definition) is 1. The molecule has 7 nitrogen and oxygen atoms in total. The molecule has 3 atom stereocenters. The van der Waals surface area contributed by atoms with Crippen LogP contribution in [0.3, 0.4) is 0 Å². The predicted molar refractivity (Wildman–Crippen MR) is 123 cm³/mol. The van der Waals surface area contributed by atoms with Gasteiger partial charge in [-0.1, -0.05) is 13.0 Å². The van der Waals surface area contributed by atoms with Gasteiger partial charge in [-0.15, -0.1) is 0 Å². The molecule has 1 aliphatic heterocycles. The van der Waals surface area contributed by atoms with Crippen molar-refractivity contribution in [1.82, 2.24) is 14.8 Å². The molecule has 0 spiro atoms. The predicted octanol–water partition coefficient (Wildman–Crippen LogP) is 2.50. The highest BCUT2D eigenvalue weighted by molar-refractivity contribution is 5.99. The SMILES string of the molecule is C[C@@H]1CN([C@@H](C)CO)C(=O)c2cccc(N(C)C)c2O[C@H]1CN(C)Cc1ccncc1. The average Bonchev–Trinajstić information content (AvgIpc) is 2.75. The summed E-state index contributed by atoms with van der Waals surface area (Å²) in [6.07, 6.45) is 3.49. The Hall–Kier alpha value is -2.64. The largest absolute Gasteiger partial charge is 0.486 e. The fourth-order valence-corrected chi connectivity index (χ4v) is 3.97. The molecule has 7 heteroatoms. The van der Waals surface area contributed by atoms with Crippen LogP contribution in [-0.4, -0.2) is 78.8 Å². The van der Waals surface area contributed by atoms with Gasteiger partial charge < -0.3 is 19.6 Å². The maximum absolute atomic E-state index is 13.4. The van der Waals surface area contributed by atoms with Crippen LogP contribution < -0.4 is 9.64 Å². The minimum absolute atomic E-state index is 0.0748. The lowest BCUT2D eigenvalue weighted by molar-refractivity contribution is 0.0343. The Kier molecular flexibility index (Phi) is 7.51. The van der Waals surface area contributed by atoms with Crippen molar-refractivity contribution in [3.8, 4) is 5.75 Å². The molecule has 168 valence electrons. The third-order valence-corrected chi connectivity index (χ3v) is 5.85. The van der Waals surface area contributed by atoms with Gasteiger partial charge in [0, 0.05) is 52.0 Å². The van der Waals surface area contributed by atoms with Crippen molar-refractivity contribution in [2.24, 2.45) is 5.92 Å². The monoisotopic (exact) mass is 426 g/mol. The summed E-state index contributed by atoms with van der Waals surface area (Å²) in [6, 6.07) is 9.43. The third kappa shape index (κ3) is 5.35. The van der Waals surface area contributed by atoms with Crippen LogP contribution in [-0.2, 0) is 6.54 Å². The van der Waals surface area contributed by atoms with Gasteiger partial charge in [0.1, 0.15) is 6.10 Å². The topological polar surface area (TPSA) is 69.1 Å². The van der Waals surface area contributed by atoms with Gasteiger partial charge in [-0.3, -0.25) is 14.7 Å². The van der Waals surface area contributed by atoms with Crippen molar-refractivity contribution < 1.29 is 14.6 Å². The van der Waals surface area contributed by atoms with Crippen molar-refractivity contribution in [2.75, 3.05) is 45.7 Å². The van der Waals surface area contributed by atoms with Crippen molar-refractivity contribution in [3.63, 3.8) is 0 Å². The molecule has 2 heterocycles. The molecule has 1 N–H and O–H groups in total. The number of hydrogen-bond acceptors (Lipinski definition) is 6. The maximum Gasteiger partial charge on any atom is 0.258 e. The van der Waals surface area contributed by atoms with Crippen LogP contribution in [0.15, 0.2) is 42.7 Å². The smallest absolute Gasteiger partial charge is 0.258 e. The molecule has 1 aromatic heterocycles. The van der Waals surface area contributed by atoms with E-state index < -0.39 is 0 Å². The number of carbonyl (C=O) groups excluding carboxylic acids is 1. The lowest BCUT2D eigenvalue weighted by Crippen LogP contribution is -2.49. The average molecular weight is 427 g/mol. The molecule has 31 heavy (non-hydrogen) atoms. The molecule has 0 bridgehead atoms. The second-order valence-electron chi connectivity index (χ2n) is 8.72. The number of benzene rings is 1. The molecule has 0 unspecified atom stereocenters. The summed E-state index contributed by atoms with van der Waals surface area (Å²) < 4.78 is 6.58. The van der Waals surface area contributed by atoms with Gasteiger partial charge in [-0.05, 0) is 43.8 Å². The second-order valence-corrected chi connectivity index (χ2v) is 8.72. The van der Waals surface area contributed by atoms with Crippen LogP contribution in [0.5, 0.6) is 5.75 Å². The van der Waals surface area contributed by atoms with E-state index >= 15 is 0 Å². The molecule has 3 rings (SSSR count). The van der Waals surface area contributed by atoms with Gasteiger partial charge >= 0.3 is 0 Å². The van der Waals surface area contributed by atoms with E-state index in [4.69, 9.17) is 4.74 Å². The standard InChI is InChI=1S/C24H34N4O3/c1-17-13-28(18(2)16-29)24(30)20-7-6-8-21(26(3)4)23(20)31-22(17)15-27(5)14-19-9-11-25-12-10-19/h6-12,17-18,22,29H,13-16H2,1-5H3/t17-,18+,22+/m1/s1. The van der Waals surface area contributed by atoms with Gasteiger partial charge in [0.2, 0.25) is 0 Å². The number of aromatic nitrogens is 1. The number of ether oxygens (including phenoxy) is 1. The van der Waals surface area contributed by atoms with Crippen LogP contribution >= 0.6 is 0 Å². The van der Waals surface area contributed by atoms with Crippen LogP contribution in [0.25, 0.3) is 0 Å². The van der Waals surface area contributed by atoms with E-state index in [0.29, 0.717) is 24.4 Å². The maximum atomic E-state index is 13.4. The zero-order valence-corrected chi connectivity index (χ0v) is 19.2. The summed E-state index contributed by atoms with van der Waals surface area (Å²) in [5, 5.41) is 9.77. The van der Waals surface area contributed by atoms with Crippen molar-refractivity contribution >= 4 is 11.6 Å². The van der Waals surface area contributed by atoms with Gasteiger partial charge in [-0.2, -0.15) is 0 Å². The molecular formula is C24H34N4O3. The molecule has 0 radical (unpaired) electrons. The Bertz CT molecular complexity index is 874. The number of para-hydroxylation sites is 1. The number of aliphatic hydroxyl groups excluding tert-OH is 1. The Balaban J connectivity index is 1.94. The summed E-state index contributed by atoms with van der Waals surface area (Å²) >= 11 is 0. The molecule has 0 aliphatic carbocycles. The first kappa shape index (κ1) is 23.0. The number of carbonyl (C=O) groups is 1. The molecule has 0 saturated heterocycles. The lowest BCUT2D eigenvalue weighted by Gasteiger charge is -2.39. The van der Waals surface area contributed by atoms with E-state index in [1.165, 1.54) is 5.56 Å². The van der Waals surface area contributed by atoms with Gasteiger partial charge in [0.05, 0.1) is 23.9 Å². The van der Waals surface area contributed by atoms with E-state index in [1.807, 2.05) is 56.3 Å². The molecule has 0 saturated carbocycles. The number of nitrogens with zero attached hydrogens (tertiary/aromatic N) is 4. The van der Waals surface area contributed by atoms with E-state index in [0.717, 1.165) is 12.2 Å². The van der Waals surface area contributed by atoms with Gasteiger partial charge in [0.25, 0.3) is 5.91 Å². The number of likely N-dealkylation sites (N-methyl/N-ethyl adjacent to an activating group) is 1. The first-order valence-electron chi connectivity index (χ1n) is 10.8. The van der Waals surface area contributed by atoms with E-state index in [2.05, 4.69) is 23.9 Å². The summed E-state index contributed by atoms with van der Waals surface area (Å²) in [4.78, 5) is 23.5. The van der Waals surface area contributed by atoms with Crippen molar-refractivity contribution in [2.45, 2.75) is 32.5 Å². The summed E-state index contributed by atoms with van der Waals surface area (Å²) in [6.45, 7) is 5.94. The van der Waals surface area contributed by atoms with Crippen molar-refractivity contribution in [1.29, 1.82) is 0 Å². The van der Waals surface area contributed by atoms with E-state index in [-0.39, 0.29) is 30.6 Å². The van der Waals surface area contributed by atoms with Crippen LogP contribution in [0.2, 0.25) is 0 Å². The minimum Gasteiger partial charge on any atom is -0.486 e. The highest BCUT2D eigenvalue weighted by Gasteiger charge is 2.34. The Morgan fingerprint density at radius 2 is 1.94 bits per heavy atom. The normalized spacial score (nSPS) is 20.0. The first-order valence-corrected chi connectivity index (χ1v) is 10.8. The van der Waals surface area contributed by atoms with Crippen LogP contribution in [0.1, 0.15) is 29.8 Å². The van der Waals surface area contributed by atoms with E-state index in [9.17, 15) is 9.90 Å². The number of amides is 1. The van der Waals surface area contributed by atoms with Crippen LogP contribution in [0.4, 0.5) is 5.69 Å². The zero-order valence-electron chi connectivity index (χ0n) is 19.2. The lowest BCUT2D eigenvalue weighted by atomic mass is 9.98. The highest BCUT2D eigenvalue weighted by Crippen LogP contribution is 2.36. The Morgan fingerprint density at radius 3 is 2.58 bits per heavy atom. The molecule has 0 fully saturated rings. The Morgan fingerprint density at radius 1 is 1.23 bits per heavy atom. The minimum atomic E-state index is -0.265. The third-order valence-electron chi connectivity index (χ3n) is 5.85. The number of pyridine rings is 1. The number of aliphatic hydroxyl groups is 1. The summed E-state index contributed by atoms with van der Waals surface area (Å²) in [5.74, 6) is 0.596. The number of fused-ring (bicyclic) bond motifs is 1. The quantitative estimate of drug-likeness (QED) is 0.734. The van der Waals surface area contributed by atoms with Gasteiger partial charge in [-0.25, -0.2) is 0 Å². The highest BCUT2D eigenvalue weighted by atomic mass is 16.5. The molecule has 1 aromatic carbocycles. The Labute approximate surface area is 185 Å². The molecule has 2 aromatic rings. The second kappa shape index (κ2) is 10.1. The number of rotatable bonds is 7. The molecule has 1 aliphatic rings.